The van der Waals surface area contributed by atoms with Crippen LogP contribution in [0.2, 0.25) is 0 Å². The molecule has 2 aromatic carbocycles. The van der Waals surface area contributed by atoms with Crippen molar-refractivity contribution in [1.82, 2.24) is 10.3 Å². The minimum absolute atomic E-state index is 0.0796. The second-order valence-corrected chi connectivity index (χ2v) is 6.64. The molecule has 2 N–H and O–H groups in total. The van der Waals surface area contributed by atoms with Crippen molar-refractivity contribution >= 4 is 28.8 Å². The number of rotatable bonds is 6. The molecule has 6 heteroatoms. The Morgan fingerprint density at radius 1 is 1.08 bits per heavy atom. The smallest absolute Gasteiger partial charge is 0.251 e. The van der Waals surface area contributed by atoms with Crippen molar-refractivity contribution in [1.29, 1.82) is 0 Å². The fourth-order valence-electron chi connectivity index (χ4n) is 2.48. The predicted molar refractivity (Wildman–Crippen MR) is 104 cm³/mol. The highest BCUT2D eigenvalue weighted by atomic mass is 32.1. The molecule has 0 saturated carbocycles. The molecular formula is C20H19N3O2S. The Morgan fingerprint density at radius 3 is 2.65 bits per heavy atom. The van der Waals surface area contributed by atoms with Crippen LogP contribution in [0.1, 0.15) is 23.0 Å². The van der Waals surface area contributed by atoms with Gasteiger partial charge < -0.3 is 10.6 Å². The number of thiazole rings is 1. The lowest BCUT2D eigenvalue weighted by Crippen LogP contribution is -2.25. The molecule has 1 heterocycles. The Hall–Kier alpha value is -2.99. The highest BCUT2D eigenvalue weighted by Crippen LogP contribution is 2.26. The Labute approximate surface area is 156 Å². The summed E-state index contributed by atoms with van der Waals surface area (Å²) in [5.41, 5.74) is 3.30. The van der Waals surface area contributed by atoms with Crippen molar-refractivity contribution in [2.75, 3.05) is 11.9 Å². The fourth-order valence-corrected chi connectivity index (χ4v) is 3.33. The van der Waals surface area contributed by atoms with Gasteiger partial charge in [-0.05, 0) is 24.3 Å². The zero-order valence-corrected chi connectivity index (χ0v) is 15.2. The van der Waals surface area contributed by atoms with Crippen LogP contribution in [0.3, 0.4) is 0 Å². The largest absolute Gasteiger partial charge is 0.352 e. The number of nitrogens with one attached hydrogen (secondary N) is 2. The lowest BCUT2D eigenvalue weighted by molar-refractivity contribution is -0.114. The monoisotopic (exact) mass is 365 g/mol. The number of hydrogen-bond acceptors (Lipinski definition) is 4. The van der Waals surface area contributed by atoms with Crippen molar-refractivity contribution < 1.29 is 9.59 Å². The Bertz CT molecular complexity index is 906. The number of amides is 2. The molecule has 2 amide bonds. The van der Waals surface area contributed by atoms with Crippen molar-refractivity contribution in [3.8, 4) is 10.6 Å². The summed E-state index contributed by atoms with van der Waals surface area (Å²) in [6, 6.07) is 16.8. The predicted octanol–water partition coefficient (Wildman–Crippen LogP) is 3.74. The average Bonchev–Trinajstić information content (AvgIpc) is 3.11. The van der Waals surface area contributed by atoms with E-state index in [1.807, 2.05) is 47.8 Å². The van der Waals surface area contributed by atoms with Crippen LogP contribution in [-0.2, 0) is 11.2 Å². The van der Waals surface area contributed by atoms with E-state index < -0.39 is 0 Å². The molecule has 0 bridgehead atoms. The van der Waals surface area contributed by atoms with Gasteiger partial charge in [0.05, 0.1) is 5.69 Å². The second kappa shape index (κ2) is 8.40. The first-order valence-corrected chi connectivity index (χ1v) is 9.15. The van der Waals surface area contributed by atoms with Crippen molar-refractivity contribution in [2.45, 2.75) is 13.3 Å². The van der Waals surface area contributed by atoms with E-state index in [4.69, 9.17) is 0 Å². The highest BCUT2D eigenvalue weighted by Gasteiger charge is 2.08. The van der Waals surface area contributed by atoms with E-state index in [0.29, 0.717) is 18.5 Å². The lowest BCUT2D eigenvalue weighted by atomic mass is 10.2. The zero-order valence-electron chi connectivity index (χ0n) is 14.4. The Kier molecular flexibility index (Phi) is 5.76. The Morgan fingerprint density at radius 2 is 1.88 bits per heavy atom. The summed E-state index contributed by atoms with van der Waals surface area (Å²) >= 11 is 1.55. The minimum Gasteiger partial charge on any atom is -0.352 e. The number of nitrogens with zero attached hydrogens (tertiary/aromatic N) is 1. The number of benzene rings is 2. The molecule has 26 heavy (non-hydrogen) atoms. The van der Waals surface area contributed by atoms with Crippen LogP contribution in [0.25, 0.3) is 10.6 Å². The van der Waals surface area contributed by atoms with Gasteiger partial charge >= 0.3 is 0 Å². The van der Waals surface area contributed by atoms with Crippen LogP contribution in [-0.4, -0.2) is 23.3 Å². The fraction of sp³-hybridized carbons (Fsp3) is 0.150. The van der Waals surface area contributed by atoms with Gasteiger partial charge in [0.2, 0.25) is 5.91 Å². The van der Waals surface area contributed by atoms with Crippen LogP contribution in [0.4, 0.5) is 5.69 Å². The molecule has 132 valence electrons. The summed E-state index contributed by atoms with van der Waals surface area (Å²) in [4.78, 5) is 27.8. The first-order chi connectivity index (χ1) is 12.6. The summed E-state index contributed by atoms with van der Waals surface area (Å²) in [6.07, 6.45) is 0.667. The maximum Gasteiger partial charge on any atom is 0.251 e. The SMILES string of the molecule is CC(=O)Nc1cccc(-c2nc(CCNC(=O)c3ccccc3)cs2)c1. The van der Waals surface area contributed by atoms with Gasteiger partial charge in [-0.1, -0.05) is 30.3 Å². The lowest BCUT2D eigenvalue weighted by Gasteiger charge is -2.04. The van der Waals surface area contributed by atoms with Crippen LogP contribution in [0.15, 0.2) is 60.0 Å². The van der Waals surface area contributed by atoms with Gasteiger partial charge in [0, 0.05) is 42.1 Å². The maximum absolute atomic E-state index is 12.0. The zero-order chi connectivity index (χ0) is 18.4. The van der Waals surface area contributed by atoms with Gasteiger partial charge in [-0.3, -0.25) is 9.59 Å². The summed E-state index contributed by atoms with van der Waals surface area (Å²) in [7, 11) is 0. The van der Waals surface area contributed by atoms with E-state index in [2.05, 4.69) is 15.6 Å². The molecule has 0 atom stereocenters. The first-order valence-electron chi connectivity index (χ1n) is 8.27. The van der Waals surface area contributed by atoms with Crippen LogP contribution in [0.5, 0.6) is 0 Å². The number of hydrogen-bond donors (Lipinski definition) is 2. The molecular weight excluding hydrogens is 346 g/mol. The average molecular weight is 365 g/mol. The van der Waals surface area contributed by atoms with Crippen LogP contribution < -0.4 is 10.6 Å². The van der Waals surface area contributed by atoms with Gasteiger partial charge in [0.1, 0.15) is 5.01 Å². The van der Waals surface area contributed by atoms with Crippen molar-refractivity contribution in [3.05, 3.63) is 71.2 Å². The van der Waals surface area contributed by atoms with E-state index in [1.54, 1.807) is 23.5 Å². The highest BCUT2D eigenvalue weighted by molar-refractivity contribution is 7.13. The van der Waals surface area contributed by atoms with E-state index in [-0.39, 0.29) is 11.8 Å². The van der Waals surface area contributed by atoms with E-state index in [0.717, 1.165) is 22.0 Å². The molecule has 0 fully saturated rings. The topological polar surface area (TPSA) is 71.1 Å². The molecule has 0 aliphatic rings. The third-order valence-corrected chi connectivity index (χ3v) is 4.62. The van der Waals surface area contributed by atoms with Gasteiger partial charge in [-0.15, -0.1) is 11.3 Å². The van der Waals surface area contributed by atoms with Gasteiger partial charge in [-0.25, -0.2) is 4.98 Å². The molecule has 0 spiro atoms. The molecule has 0 aliphatic heterocycles. The standard InChI is InChI=1S/C20H19N3O2S/c1-14(24)22-17-9-5-8-16(12-17)20-23-18(13-26-20)10-11-21-19(25)15-6-3-2-4-7-15/h2-9,12-13H,10-11H2,1H3,(H,21,25)(H,22,24). The maximum atomic E-state index is 12.0. The van der Waals surface area contributed by atoms with E-state index in [9.17, 15) is 9.59 Å². The van der Waals surface area contributed by atoms with Crippen LogP contribution in [0, 0.1) is 0 Å². The molecule has 0 saturated heterocycles. The van der Waals surface area contributed by atoms with E-state index in [1.165, 1.54) is 6.92 Å². The molecule has 1 aromatic heterocycles. The quantitative estimate of drug-likeness (QED) is 0.699. The van der Waals surface area contributed by atoms with Crippen LogP contribution >= 0.6 is 11.3 Å². The summed E-state index contributed by atoms with van der Waals surface area (Å²) < 4.78 is 0. The number of carbonyl (C=O) groups excluding carboxylic acids is 2. The van der Waals surface area contributed by atoms with Crippen molar-refractivity contribution in [3.63, 3.8) is 0 Å². The van der Waals surface area contributed by atoms with Gasteiger partial charge in [0.25, 0.3) is 5.91 Å². The third kappa shape index (κ3) is 4.77. The van der Waals surface area contributed by atoms with Gasteiger partial charge in [0.15, 0.2) is 0 Å². The molecule has 0 unspecified atom stereocenters. The van der Waals surface area contributed by atoms with Crippen molar-refractivity contribution in [2.24, 2.45) is 0 Å². The molecule has 5 nitrogen and oxygen atoms in total. The van der Waals surface area contributed by atoms with Gasteiger partial charge in [-0.2, -0.15) is 0 Å². The normalized spacial score (nSPS) is 10.3. The van der Waals surface area contributed by atoms with E-state index >= 15 is 0 Å². The summed E-state index contributed by atoms with van der Waals surface area (Å²) in [6.45, 7) is 2.01. The Balaban J connectivity index is 1.58. The second-order valence-electron chi connectivity index (χ2n) is 5.78. The molecule has 3 rings (SSSR count). The molecule has 0 radical (unpaired) electrons. The number of aromatic nitrogens is 1. The summed E-state index contributed by atoms with van der Waals surface area (Å²) in [5, 5.41) is 8.57. The molecule has 3 aromatic rings. The number of carbonyl (C=O) groups is 2. The summed E-state index contributed by atoms with van der Waals surface area (Å²) in [5.74, 6) is -0.180. The molecule has 0 aliphatic carbocycles. The minimum atomic E-state index is -0.101. The number of anilines is 1. The third-order valence-electron chi connectivity index (χ3n) is 3.68. The first kappa shape index (κ1) is 17.8.